The van der Waals surface area contributed by atoms with Gasteiger partial charge in [0, 0.05) is 0 Å². The van der Waals surface area contributed by atoms with E-state index in [0.717, 1.165) is 0 Å². The zero-order valence-electron chi connectivity index (χ0n) is 7.54. The molecule has 1 aliphatic rings. The van der Waals surface area contributed by atoms with Gasteiger partial charge in [0.1, 0.15) is 0 Å². The van der Waals surface area contributed by atoms with Gasteiger partial charge in [0.05, 0.1) is 0 Å². The summed E-state index contributed by atoms with van der Waals surface area (Å²) in [6.45, 7) is 0. The molecule has 0 saturated carbocycles. The number of hydrogen-bond acceptors (Lipinski definition) is 0. The molecule has 0 unspecified atom stereocenters. The molecule has 0 aromatic heterocycles. The van der Waals surface area contributed by atoms with Crippen molar-refractivity contribution in [3.63, 3.8) is 0 Å². The molecule has 0 heterocycles. The topological polar surface area (TPSA) is 0 Å². The number of allylic oxidation sites excluding steroid dienone is 6. The van der Waals surface area contributed by atoms with Crippen LogP contribution in [0.3, 0.4) is 0 Å². The fraction of sp³-hybridized carbons (Fsp3) is 0.300. The molecule has 0 nitrogen and oxygen atoms in total. The van der Waals surface area contributed by atoms with Gasteiger partial charge in [-0.15, -0.1) is 12.2 Å². The van der Waals surface area contributed by atoms with E-state index < -0.39 is 0 Å². The van der Waals surface area contributed by atoms with Crippen LogP contribution in [0.1, 0.15) is 0 Å². The SMILES string of the molecule is C1=CC=C[CH-]C=C1.[CH3][Ge]([CH3])[CH3]. The van der Waals surface area contributed by atoms with Crippen molar-refractivity contribution in [3.05, 3.63) is 42.9 Å². The molecular formula is C10H16Ge-. The standard InChI is InChI=1S/C7H7.C3H9Ge/c1-2-4-6-7-5-3-1;1-4(2)3/h1-7H;1-3H3/q-1;. The maximum atomic E-state index is 2.33. The first-order valence-corrected chi connectivity index (χ1v) is 10.1. The molecule has 1 radical (unpaired) electrons. The fourth-order valence-corrected chi connectivity index (χ4v) is 0.449. The van der Waals surface area contributed by atoms with E-state index in [1.165, 1.54) is 0 Å². The molecule has 0 fully saturated rings. The minimum absolute atomic E-state index is 0.333. The molecule has 0 spiro atoms. The molecule has 1 aliphatic carbocycles. The van der Waals surface area contributed by atoms with Crippen molar-refractivity contribution in [2.24, 2.45) is 0 Å². The third kappa shape index (κ3) is 12.8. The third-order valence-electron chi connectivity index (χ3n) is 0.778. The fourth-order valence-electron chi connectivity index (χ4n) is 0.449. The maximum absolute atomic E-state index is 2.33. The van der Waals surface area contributed by atoms with Crippen LogP contribution < -0.4 is 0 Å². The quantitative estimate of drug-likeness (QED) is 0.424. The molecule has 1 heteroatoms. The van der Waals surface area contributed by atoms with Gasteiger partial charge < -0.3 is 0 Å². The molecule has 0 aromatic rings. The second-order valence-corrected chi connectivity index (χ2v) is 9.14. The zero-order chi connectivity index (χ0) is 8.53. The summed E-state index contributed by atoms with van der Waals surface area (Å²) in [5.41, 5.74) is 0. The second-order valence-electron chi connectivity index (χ2n) is 2.85. The average molecular weight is 209 g/mol. The summed E-state index contributed by atoms with van der Waals surface area (Å²) in [5, 5.41) is 0. The van der Waals surface area contributed by atoms with Gasteiger partial charge in [-0.1, -0.05) is 0 Å². The van der Waals surface area contributed by atoms with Crippen molar-refractivity contribution >= 4 is 14.3 Å². The molecule has 0 atom stereocenters. The van der Waals surface area contributed by atoms with Crippen molar-refractivity contribution in [1.82, 2.24) is 0 Å². The van der Waals surface area contributed by atoms with Crippen LogP contribution in [0, 0.1) is 6.42 Å². The molecule has 0 aromatic carbocycles. The van der Waals surface area contributed by atoms with E-state index in [4.69, 9.17) is 0 Å². The Labute approximate surface area is 74.8 Å². The van der Waals surface area contributed by atoms with Crippen LogP contribution in [0.15, 0.2) is 36.5 Å². The van der Waals surface area contributed by atoms with Gasteiger partial charge >= 0.3 is 31.6 Å². The Morgan fingerprint density at radius 1 is 0.818 bits per heavy atom. The first-order chi connectivity index (χ1) is 5.23. The molecule has 11 heavy (non-hydrogen) atoms. The summed E-state index contributed by atoms with van der Waals surface area (Å²) < 4.78 is 0. The van der Waals surface area contributed by atoms with E-state index in [0.29, 0.717) is 0 Å². The van der Waals surface area contributed by atoms with Crippen LogP contribution in [0.25, 0.3) is 0 Å². The molecule has 0 bridgehead atoms. The summed E-state index contributed by atoms with van der Waals surface area (Å²) in [4.78, 5) is 0. The average Bonchev–Trinajstić information content (AvgIpc) is 2.13. The van der Waals surface area contributed by atoms with Crippen molar-refractivity contribution in [3.8, 4) is 0 Å². The minimum atomic E-state index is -0.333. The van der Waals surface area contributed by atoms with Crippen molar-refractivity contribution in [2.75, 3.05) is 0 Å². The first-order valence-electron chi connectivity index (χ1n) is 3.83. The second kappa shape index (κ2) is 7.74. The summed E-state index contributed by atoms with van der Waals surface area (Å²) in [5.74, 6) is 7.00. The molecule has 0 saturated heterocycles. The normalized spacial score (nSPS) is 13.5. The predicted molar refractivity (Wildman–Crippen MR) is 55.1 cm³/mol. The Kier molecular flexibility index (Phi) is 7.48. The third-order valence-corrected chi connectivity index (χ3v) is 0.778. The Morgan fingerprint density at radius 3 is 1.55 bits per heavy atom. The Balaban J connectivity index is 0.000000218. The van der Waals surface area contributed by atoms with E-state index >= 15 is 0 Å². The molecule has 1 rings (SSSR count). The van der Waals surface area contributed by atoms with Crippen LogP contribution in [0.4, 0.5) is 0 Å². The van der Waals surface area contributed by atoms with E-state index in [1.807, 2.05) is 42.9 Å². The summed E-state index contributed by atoms with van der Waals surface area (Å²) in [7, 11) is 0. The van der Waals surface area contributed by atoms with Crippen LogP contribution in [-0.2, 0) is 0 Å². The van der Waals surface area contributed by atoms with Gasteiger partial charge in [-0.3, -0.25) is 0 Å². The summed E-state index contributed by atoms with van der Waals surface area (Å²) in [6.07, 6.45) is 14.0. The first kappa shape index (κ1) is 10.6. The van der Waals surface area contributed by atoms with E-state index in [-0.39, 0.29) is 14.3 Å². The van der Waals surface area contributed by atoms with Gasteiger partial charge in [-0.05, 0) is 0 Å². The number of hydrogen-bond donors (Lipinski definition) is 0. The number of rotatable bonds is 0. The van der Waals surface area contributed by atoms with Gasteiger partial charge in [-0.2, -0.15) is 30.7 Å². The van der Waals surface area contributed by atoms with Crippen LogP contribution in [0.5, 0.6) is 0 Å². The zero-order valence-corrected chi connectivity index (χ0v) is 9.64. The monoisotopic (exact) mass is 210 g/mol. The van der Waals surface area contributed by atoms with Gasteiger partial charge in [0.15, 0.2) is 0 Å². The van der Waals surface area contributed by atoms with E-state index in [1.54, 1.807) is 0 Å². The van der Waals surface area contributed by atoms with Crippen LogP contribution >= 0.6 is 0 Å². The Bertz CT molecular complexity index is 136. The molecule has 0 aliphatic heterocycles. The van der Waals surface area contributed by atoms with Crippen molar-refractivity contribution in [2.45, 2.75) is 17.3 Å². The van der Waals surface area contributed by atoms with Gasteiger partial charge in [0.25, 0.3) is 0 Å². The molecule has 0 amide bonds. The van der Waals surface area contributed by atoms with Crippen molar-refractivity contribution in [1.29, 1.82) is 0 Å². The van der Waals surface area contributed by atoms with Crippen LogP contribution in [0.2, 0.25) is 17.3 Å². The Morgan fingerprint density at radius 2 is 1.18 bits per heavy atom. The summed E-state index contributed by atoms with van der Waals surface area (Å²) in [6, 6.07) is 0. The van der Waals surface area contributed by atoms with E-state index in [2.05, 4.69) is 17.3 Å². The van der Waals surface area contributed by atoms with Crippen LogP contribution in [-0.4, -0.2) is 14.3 Å². The van der Waals surface area contributed by atoms with Crippen molar-refractivity contribution < 1.29 is 0 Å². The van der Waals surface area contributed by atoms with Gasteiger partial charge in [-0.25, -0.2) is 0 Å². The van der Waals surface area contributed by atoms with Gasteiger partial charge in [0.2, 0.25) is 0 Å². The molecule has 61 valence electrons. The Hall–Kier alpha value is -0.367. The molecule has 0 N–H and O–H groups in total. The van der Waals surface area contributed by atoms with E-state index in [9.17, 15) is 0 Å². The predicted octanol–water partition coefficient (Wildman–Crippen LogP) is 3.24. The molecular weight excluding hydrogens is 193 g/mol. The summed E-state index contributed by atoms with van der Waals surface area (Å²) >= 11 is -0.333.